The summed E-state index contributed by atoms with van der Waals surface area (Å²) >= 11 is 0. The first-order valence-electron chi connectivity index (χ1n) is 10.2. The molecule has 3 rings (SSSR count). The number of nitrogens with one attached hydrogen (secondary N) is 1. The number of rotatable bonds is 7. The number of carbonyl (C=O) groups excluding carboxylic acids is 1. The van der Waals surface area contributed by atoms with Crippen LogP contribution in [0, 0.1) is 5.92 Å². The summed E-state index contributed by atoms with van der Waals surface area (Å²) in [6.07, 6.45) is 4.62. The third-order valence-electron chi connectivity index (χ3n) is 5.14. The summed E-state index contributed by atoms with van der Waals surface area (Å²) < 4.78 is 0. The average molecular weight is 382 g/mol. The van der Waals surface area contributed by atoms with E-state index in [1.165, 1.54) is 0 Å². The predicted molar refractivity (Wildman–Crippen MR) is 112 cm³/mol. The number of piperazine rings is 1. The molecule has 1 aliphatic heterocycles. The Kier molecular flexibility index (Phi) is 6.98. The van der Waals surface area contributed by atoms with Crippen molar-refractivity contribution in [2.45, 2.75) is 39.8 Å². The molecule has 1 fully saturated rings. The second-order valence-electron chi connectivity index (χ2n) is 7.91. The lowest BCUT2D eigenvalue weighted by atomic mass is 10.1. The number of nitrogens with zero attached hydrogens (tertiary/aromatic N) is 4. The van der Waals surface area contributed by atoms with Crippen molar-refractivity contribution in [3.8, 4) is 0 Å². The third-order valence-corrected chi connectivity index (χ3v) is 5.14. The zero-order valence-corrected chi connectivity index (χ0v) is 17.1. The van der Waals surface area contributed by atoms with Crippen LogP contribution in [0.15, 0.2) is 42.7 Å². The van der Waals surface area contributed by atoms with Crippen molar-refractivity contribution in [3.05, 3.63) is 54.0 Å². The van der Waals surface area contributed by atoms with E-state index >= 15 is 0 Å². The maximum atomic E-state index is 13.2. The fourth-order valence-electron chi connectivity index (χ4n) is 3.55. The lowest BCUT2D eigenvalue weighted by Crippen LogP contribution is -2.53. The predicted octanol–water partition coefficient (Wildman–Crippen LogP) is 3.28. The quantitative estimate of drug-likeness (QED) is 0.797. The Balaban J connectivity index is 1.62. The van der Waals surface area contributed by atoms with E-state index in [4.69, 9.17) is 0 Å². The molecule has 0 aromatic carbocycles. The largest absolute Gasteiger partial charge is 0.369 e. The molecule has 2 aromatic heterocycles. The highest BCUT2D eigenvalue weighted by Gasteiger charge is 2.29. The fraction of sp³-hybridized carbons (Fsp3) is 0.500. The van der Waals surface area contributed by atoms with Gasteiger partial charge in [0.1, 0.15) is 5.82 Å². The molecule has 0 radical (unpaired) electrons. The van der Waals surface area contributed by atoms with Crippen molar-refractivity contribution in [1.82, 2.24) is 19.8 Å². The fourth-order valence-corrected chi connectivity index (χ4v) is 3.55. The lowest BCUT2D eigenvalue weighted by Gasteiger charge is -2.40. The first-order chi connectivity index (χ1) is 13.5. The normalized spacial score (nSPS) is 17.7. The van der Waals surface area contributed by atoms with Crippen LogP contribution in [0.5, 0.6) is 0 Å². The van der Waals surface area contributed by atoms with Crippen LogP contribution in [0.25, 0.3) is 0 Å². The molecule has 1 aliphatic rings. The molecule has 0 bridgehead atoms. The maximum absolute atomic E-state index is 13.2. The topological polar surface area (TPSA) is 61.4 Å². The number of pyridine rings is 2. The zero-order chi connectivity index (χ0) is 19.9. The van der Waals surface area contributed by atoms with Gasteiger partial charge < -0.3 is 10.2 Å². The average Bonchev–Trinajstić information content (AvgIpc) is 2.68. The first kappa shape index (κ1) is 20.3. The van der Waals surface area contributed by atoms with Crippen LogP contribution in [0.3, 0.4) is 0 Å². The highest BCUT2D eigenvalue weighted by Crippen LogP contribution is 2.19. The van der Waals surface area contributed by atoms with Crippen molar-refractivity contribution in [3.63, 3.8) is 0 Å². The van der Waals surface area contributed by atoms with Gasteiger partial charge in [0, 0.05) is 51.2 Å². The third kappa shape index (κ3) is 5.29. The van der Waals surface area contributed by atoms with Crippen LogP contribution < -0.4 is 5.32 Å². The molecule has 0 unspecified atom stereocenters. The minimum absolute atomic E-state index is 0.0603. The second-order valence-corrected chi connectivity index (χ2v) is 7.91. The standard InChI is InChI=1S/C22H31N5O/c1-17(2)9-12-25-21-20(8-6-11-24-21)22(28)27-14-13-26(15-18(27)3)16-19-7-4-5-10-23-19/h4-8,10-11,17-18H,9,12-16H2,1-3H3,(H,24,25)/t18-/m0/s1. The van der Waals surface area contributed by atoms with Crippen LogP contribution >= 0.6 is 0 Å². The molecule has 3 heterocycles. The molecule has 6 nitrogen and oxygen atoms in total. The Morgan fingerprint density at radius 3 is 2.71 bits per heavy atom. The molecule has 0 aliphatic carbocycles. The highest BCUT2D eigenvalue weighted by molar-refractivity contribution is 5.99. The van der Waals surface area contributed by atoms with E-state index in [-0.39, 0.29) is 11.9 Å². The Hall–Kier alpha value is -2.47. The lowest BCUT2D eigenvalue weighted by molar-refractivity contribution is 0.0474. The number of anilines is 1. The zero-order valence-electron chi connectivity index (χ0n) is 17.1. The van der Waals surface area contributed by atoms with E-state index in [2.05, 4.69) is 41.0 Å². The molecule has 1 atom stereocenters. The van der Waals surface area contributed by atoms with Gasteiger partial charge in [-0.05, 0) is 43.5 Å². The Labute approximate surface area is 168 Å². The van der Waals surface area contributed by atoms with E-state index in [0.29, 0.717) is 23.8 Å². The Bertz CT molecular complexity index is 765. The van der Waals surface area contributed by atoms with Gasteiger partial charge in [-0.25, -0.2) is 4.98 Å². The van der Waals surface area contributed by atoms with E-state index in [0.717, 1.165) is 38.3 Å². The van der Waals surface area contributed by atoms with Gasteiger partial charge in [-0.2, -0.15) is 0 Å². The molecule has 1 amide bonds. The van der Waals surface area contributed by atoms with E-state index in [1.54, 1.807) is 6.20 Å². The summed E-state index contributed by atoms with van der Waals surface area (Å²) in [5, 5.41) is 3.34. The van der Waals surface area contributed by atoms with Crippen molar-refractivity contribution in [1.29, 1.82) is 0 Å². The van der Waals surface area contributed by atoms with Crippen LogP contribution in [-0.2, 0) is 6.54 Å². The molecule has 2 aromatic rings. The number of aromatic nitrogens is 2. The summed E-state index contributed by atoms with van der Waals surface area (Å²) in [7, 11) is 0. The van der Waals surface area contributed by atoms with Crippen LogP contribution in [-0.4, -0.2) is 57.9 Å². The summed E-state index contributed by atoms with van der Waals surface area (Å²) in [4.78, 5) is 26.4. The smallest absolute Gasteiger partial charge is 0.257 e. The molecule has 0 saturated carbocycles. The monoisotopic (exact) mass is 381 g/mol. The van der Waals surface area contributed by atoms with Gasteiger partial charge in [-0.15, -0.1) is 0 Å². The van der Waals surface area contributed by atoms with E-state index in [9.17, 15) is 4.79 Å². The van der Waals surface area contributed by atoms with Crippen molar-refractivity contribution < 1.29 is 4.79 Å². The second kappa shape index (κ2) is 9.64. The van der Waals surface area contributed by atoms with Gasteiger partial charge in [-0.3, -0.25) is 14.7 Å². The Morgan fingerprint density at radius 1 is 1.18 bits per heavy atom. The van der Waals surface area contributed by atoms with E-state index < -0.39 is 0 Å². The molecular weight excluding hydrogens is 350 g/mol. The molecule has 0 spiro atoms. The van der Waals surface area contributed by atoms with Crippen molar-refractivity contribution >= 4 is 11.7 Å². The van der Waals surface area contributed by atoms with E-state index in [1.807, 2.05) is 41.4 Å². The van der Waals surface area contributed by atoms with Crippen LogP contribution in [0.4, 0.5) is 5.82 Å². The number of hydrogen-bond acceptors (Lipinski definition) is 5. The number of amides is 1. The van der Waals surface area contributed by atoms with Gasteiger partial charge >= 0.3 is 0 Å². The SMILES string of the molecule is CC(C)CCNc1ncccc1C(=O)N1CCN(Cc2ccccn2)C[C@@H]1C. The molecule has 28 heavy (non-hydrogen) atoms. The molecule has 150 valence electrons. The van der Waals surface area contributed by atoms with Gasteiger partial charge in [0.2, 0.25) is 0 Å². The summed E-state index contributed by atoms with van der Waals surface area (Å²) in [6, 6.07) is 9.86. The first-order valence-corrected chi connectivity index (χ1v) is 10.2. The summed E-state index contributed by atoms with van der Waals surface area (Å²) in [6.45, 7) is 10.6. The van der Waals surface area contributed by atoms with Crippen molar-refractivity contribution in [2.75, 3.05) is 31.5 Å². The highest BCUT2D eigenvalue weighted by atomic mass is 16.2. The van der Waals surface area contributed by atoms with Crippen LogP contribution in [0.2, 0.25) is 0 Å². The molecule has 1 N–H and O–H groups in total. The molecular formula is C22H31N5O. The van der Waals surface area contributed by atoms with Gasteiger partial charge in [0.05, 0.1) is 11.3 Å². The summed E-state index contributed by atoms with van der Waals surface area (Å²) in [5.74, 6) is 1.36. The molecule has 6 heteroatoms. The number of carbonyl (C=O) groups is 1. The minimum atomic E-state index is 0.0603. The van der Waals surface area contributed by atoms with Gasteiger partial charge in [0.25, 0.3) is 5.91 Å². The van der Waals surface area contributed by atoms with Gasteiger partial charge in [-0.1, -0.05) is 19.9 Å². The Morgan fingerprint density at radius 2 is 2.00 bits per heavy atom. The molecule has 1 saturated heterocycles. The maximum Gasteiger partial charge on any atom is 0.257 e. The van der Waals surface area contributed by atoms with Crippen LogP contribution in [0.1, 0.15) is 43.2 Å². The number of hydrogen-bond donors (Lipinski definition) is 1. The van der Waals surface area contributed by atoms with Gasteiger partial charge in [0.15, 0.2) is 0 Å². The minimum Gasteiger partial charge on any atom is -0.369 e. The van der Waals surface area contributed by atoms with Crippen molar-refractivity contribution in [2.24, 2.45) is 5.92 Å². The summed E-state index contributed by atoms with van der Waals surface area (Å²) in [5.41, 5.74) is 1.73.